The molecule has 0 amide bonds. The van der Waals surface area contributed by atoms with Crippen LogP contribution in [0, 0.1) is 11.3 Å². The smallest absolute Gasteiger partial charge is 0.349 e. The van der Waals surface area contributed by atoms with E-state index in [1.54, 1.807) is 12.3 Å². The van der Waals surface area contributed by atoms with E-state index in [9.17, 15) is 10.1 Å². The van der Waals surface area contributed by atoms with E-state index < -0.39 is 5.97 Å². The van der Waals surface area contributed by atoms with Crippen LogP contribution < -0.4 is 0 Å². The van der Waals surface area contributed by atoms with Crippen molar-refractivity contribution in [2.45, 2.75) is 38.2 Å². The van der Waals surface area contributed by atoms with Gasteiger partial charge in [-0.2, -0.15) is 5.26 Å². The first kappa shape index (κ1) is 14.4. The number of carbonyl (C=O) groups excluding carboxylic acids is 1. The van der Waals surface area contributed by atoms with Crippen molar-refractivity contribution in [3.8, 4) is 6.07 Å². The zero-order valence-corrected chi connectivity index (χ0v) is 12.3. The van der Waals surface area contributed by atoms with Gasteiger partial charge in [-0.15, -0.1) is 0 Å². The Kier molecular flexibility index (Phi) is 4.24. The van der Waals surface area contributed by atoms with Crippen LogP contribution in [0.25, 0.3) is 17.0 Å². The lowest BCUT2D eigenvalue weighted by atomic mass is 9.98. The third-order valence-corrected chi connectivity index (χ3v) is 4.09. The van der Waals surface area contributed by atoms with Gasteiger partial charge in [0.1, 0.15) is 17.7 Å². The molecule has 112 valence electrons. The lowest BCUT2D eigenvalue weighted by molar-refractivity contribution is -0.145. The van der Waals surface area contributed by atoms with Gasteiger partial charge in [-0.25, -0.2) is 4.79 Å². The van der Waals surface area contributed by atoms with Crippen molar-refractivity contribution in [1.29, 1.82) is 5.26 Å². The van der Waals surface area contributed by atoms with Crippen LogP contribution in [0.2, 0.25) is 0 Å². The SMILES string of the molecule is N#CC(=Cc1c[nH]c2ccccc12)C(=O)OC1CCCCC1. The summed E-state index contributed by atoms with van der Waals surface area (Å²) in [6, 6.07) is 9.75. The van der Waals surface area contributed by atoms with E-state index >= 15 is 0 Å². The Morgan fingerprint density at radius 2 is 2.05 bits per heavy atom. The van der Waals surface area contributed by atoms with Crippen molar-refractivity contribution in [2.24, 2.45) is 0 Å². The van der Waals surface area contributed by atoms with Gasteiger partial charge in [-0.1, -0.05) is 24.6 Å². The molecule has 0 atom stereocenters. The number of carbonyl (C=O) groups is 1. The molecule has 1 heterocycles. The number of aromatic amines is 1. The molecule has 1 aliphatic carbocycles. The van der Waals surface area contributed by atoms with Gasteiger partial charge in [0.15, 0.2) is 0 Å². The summed E-state index contributed by atoms with van der Waals surface area (Å²) in [5.74, 6) is -0.514. The maximum absolute atomic E-state index is 12.2. The van der Waals surface area contributed by atoms with E-state index in [4.69, 9.17) is 4.74 Å². The van der Waals surface area contributed by atoms with Crippen LogP contribution in [-0.2, 0) is 9.53 Å². The Morgan fingerprint density at radius 1 is 1.27 bits per heavy atom. The number of para-hydroxylation sites is 1. The van der Waals surface area contributed by atoms with Crippen molar-refractivity contribution in [1.82, 2.24) is 4.98 Å². The predicted octanol–water partition coefficient (Wildman–Crippen LogP) is 3.95. The molecule has 1 fully saturated rings. The van der Waals surface area contributed by atoms with Crippen LogP contribution >= 0.6 is 0 Å². The number of rotatable bonds is 3. The van der Waals surface area contributed by atoms with E-state index in [1.807, 2.05) is 30.3 Å². The van der Waals surface area contributed by atoms with Crippen LogP contribution in [0.4, 0.5) is 0 Å². The maximum Gasteiger partial charge on any atom is 0.349 e. The van der Waals surface area contributed by atoms with Crippen LogP contribution in [0.3, 0.4) is 0 Å². The molecule has 0 unspecified atom stereocenters. The molecule has 0 aliphatic heterocycles. The zero-order chi connectivity index (χ0) is 15.4. The number of benzene rings is 1. The lowest BCUT2D eigenvalue weighted by Crippen LogP contribution is -2.21. The Morgan fingerprint density at radius 3 is 2.82 bits per heavy atom. The molecule has 1 aromatic carbocycles. The summed E-state index contributed by atoms with van der Waals surface area (Å²) in [6.45, 7) is 0. The van der Waals surface area contributed by atoms with Crippen LogP contribution in [0.15, 0.2) is 36.0 Å². The highest BCUT2D eigenvalue weighted by atomic mass is 16.5. The van der Waals surface area contributed by atoms with Crippen LogP contribution in [-0.4, -0.2) is 17.1 Å². The van der Waals surface area contributed by atoms with Crippen molar-refractivity contribution in [2.75, 3.05) is 0 Å². The molecule has 0 spiro atoms. The fraction of sp³-hybridized carbons (Fsp3) is 0.333. The van der Waals surface area contributed by atoms with Gasteiger partial charge in [0, 0.05) is 22.7 Å². The van der Waals surface area contributed by atoms with Gasteiger partial charge in [0.25, 0.3) is 0 Å². The number of nitrogens with one attached hydrogen (secondary N) is 1. The van der Waals surface area contributed by atoms with E-state index in [0.717, 1.165) is 42.1 Å². The number of H-pyrrole nitrogens is 1. The van der Waals surface area contributed by atoms with Gasteiger partial charge in [0.2, 0.25) is 0 Å². The number of fused-ring (bicyclic) bond motifs is 1. The molecule has 4 heteroatoms. The normalized spacial score (nSPS) is 16.4. The van der Waals surface area contributed by atoms with Crippen molar-refractivity contribution >= 4 is 22.9 Å². The molecule has 1 N–H and O–H groups in total. The average Bonchev–Trinajstić information content (AvgIpc) is 2.96. The third kappa shape index (κ3) is 3.04. The van der Waals surface area contributed by atoms with Gasteiger partial charge in [0.05, 0.1) is 0 Å². The van der Waals surface area contributed by atoms with Crippen molar-refractivity contribution in [3.05, 3.63) is 41.6 Å². The predicted molar refractivity (Wildman–Crippen MR) is 84.9 cm³/mol. The second kappa shape index (κ2) is 6.48. The maximum atomic E-state index is 12.2. The van der Waals surface area contributed by atoms with E-state index in [-0.39, 0.29) is 11.7 Å². The van der Waals surface area contributed by atoms with Gasteiger partial charge < -0.3 is 9.72 Å². The molecule has 0 radical (unpaired) electrons. The second-order valence-electron chi connectivity index (χ2n) is 5.62. The average molecular weight is 294 g/mol. The summed E-state index contributed by atoms with van der Waals surface area (Å²) in [7, 11) is 0. The summed E-state index contributed by atoms with van der Waals surface area (Å²) >= 11 is 0. The lowest BCUT2D eigenvalue weighted by Gasteiger charge is -2.21. The van der Waals surface area contributed by atoms with E-state index in [1.165, 1.54) is 6.42 Å². The monoisotopic (exact) mass is 294 g/mol. The number of nitriles is 1. The van der Waals surface area contributed by atoms with Gasteiger partial charge in [-0.3, -0.25) is 0 Å². The summed E-state index contributed by atoms with van der Waals surface area (Å²) < 4.78 is 5.47. The minimum absolute atomic E-state index is 0.0408. The first-order valence-electron chi connectivity index (χ1n) is 7.67. The minimum atomic E-state index is -0.514. The Bertz CT molecular complexity index is 746. The molecule has 1 aliphatic rings. The molecule has 1 saturated carbocycles. The molecule has 4 nitrogen and oxygen atoms in total. The Balaban J connectivity index is 1.80. The summed E-state index contributed by atoms with van der Waals surface area (Å²) in [6.07, 6.45) is 8.54. The number of ether oxygens (including phenoxy) is 1. The zero-order valence-electron chi connectivity index (χ0n) is 12.3. The molecule has 3 rings (SSSR count). The first-order valence-corrected chi connectivity index (χ1v) is 7.67. The van der Waals surface area contributed by atoms with E-state index in [0.29, 0.717) is 0 Å². The number of esters is 1. The van der Waals surface area contributed by atoms with E-state index in [2.05, 4.69) is 4.98 Å². The molecule has 2 aromatic rings. The quantitative estimate of drug-likeness (QED) is 0.529. The first-order chi connectivity index (χ1) is 10.8. The highest BCUT2D eigenvalue weighted by Gasteiger charge is 2.20. The minimum Gasteiger partial charge on any atom is -0.458 e. The number of nitrogens with zero attached hydrogens (tertiary/aromatic N) is 1. The highest BCUT2D eigenvalue weighted by molar-refractivity contribution is 6.01. The third-order valence-electron chi connectivity index (χ3n) is 4.09. The summed E-state index contributed by atoms with van der Waals surface area (Å²) in [4.78, 5) is 15.3. The number of hydrogen-bond acceptors (Lipinski definition) is 3. The molecular weight excluding hydrogens is 276 g/mol. The van der Waals surface area contributed by atoms with Crippen molar-refractivity contribution in [3.63, 3.8) is 0 Å². The van der Waals surface area contributed by atoms with Gasteiger partial charge in [-0.05, 0) is 37.8 Å². The number of aromatic nitrogens is 1. The standard InChI is InChI=1S/C18H18N2O2/c19-11-13(18(21)22-15-6-2-1-3-7-15)10-14-12-20-17-9-5-4-8-16(14)17/h4-5,8-10,12,15,20H,1-3,6-7H2. The number of hydrogen-bond donors (Lipinski definition) is 1. The summed E-state index contributed by atoms with van der Waals surface area (Å²) in [5.41, 5.74) is 1.86. The fourth-order valence-corrected chi connectivity index (χ4v) is 2.90. The summed E-state index contributed by atoms with van der Waals surface area (Å²) in [5, 5.41) is 10.3. The Labute approximate surface area is 129 Å². The topological polar surface area (TPSA) is 65.9 Å². The van der Waals surface area contributed by atoms with Gasteiger partial charge >= 0.3 is 5.97 Å². The highest BCUT2D eigenvalue weighted by Crippen LogP contribution is 2.23. The second-order valence-corrected chi connectivity index (χ2v) is 5.62. The van der Waals surface area contributed by atoms with Crippen LogP contribution in [0.1, 0.15) is 37.7 Å². The van der Waals surface area contributed by atoms with Crippen molar-refractivity contribution < 1.29 is 9.53 Å². The fourth-order valence-electron chi connectivity index (χ4n) is 2.90. The molecule has 0 saturated heterocycles. The largest absolute Gasteiger partial charge is 0.458 e. The van der Waals surface area contributed by atoms with Crippen LogP contribution in [0.5, 0.6) is 0 Å². The molecular formula is C18H18N2O2. The molecule has 0 bridgehead atoms. The molecule has 22 heavy (non-hydrogen) atoms. The molecule has 1 aromatic heterocycles. The Hall–Kier alpha value is -2.54.